The van der Waals surface area contributed by atoms with E-state index in [1.165, 1.54) is 12.8 Å². The number of ether oxygens (including phenoxy) is 1. The largest absolute Gasteiger partial charge is 0.497 e. The number of methoxy groups -OCH3 is 1. The van der Waals surface area contributed by atoms with E-state index in [0.29, 0.717) is 6.42 Å². The molecule has 3 aromatic rings. The second-order valence-corrected chi connectivity index (χ2v) is 9.87. The van der Waals surface area contributed by atoms with Crippen molar-refractivity contribution in [3.63, 3.8) is 0 Å². The average molecular weight is 458 g/mol. The van der Waals surface area contributed by atoms with E-state index in [1.54, 1.807) is 7.11 Å². The number of aromatic nitrogens is 1. The highest BCUT2D eigenvalue weighted by atomic mass is 16.5. The maximum absolute atomic E-state index is 14.0. The van der Waals surface area contributed by atoms with Crippen molar-refractivity contribution < 1.29 is 14.3 Å². The first-order valence-electron chi connectivity index (χ1n) is 12.5. The summed E-state index contributed by atoms with van der Waals surface area (Å²) in [6, 6.07) is 15.5. The quantitative estimate of drug-likeness (QED) is 0.586. The summed E-state index contributed by atoms with van der Waals surface area (Å²) in [4.78, 5) is 35.1. The molecule has 6 nitrogen and oxygen atoms in total. The van der Waals surface area contributed by atoms with Gasteiger partial charge in [0.1, 0.15) is 18.3 Å². The van der Waals surface area contributed by atoms with E-state index in [4.69, 9.17) is 4.74 Å². The van der Waals surface area contributed by atoms with Crippen LogP contribution in [0.25, 0.3) is 10.9 Å². The summed E-state index contributed by atoms with van der Waals surface area (Å²) in [5.74, 6) is 0.884. The molecule has 0 spiro atoms. The lowest BCUT2D eigenvalue weighted by atomic mass is 9.85. The summed E-state index contributed by atoms with van der Waals surface area (Å²) in [6.45, 7) is 0.177. The fraction of sp³-hybridized carbons (Fsp3) is 0.429. The molecular formula is C28H31N3O3. The fourth-order valence-electron chi connectivity index (χ4n) is 6.32. The zero-order chi connectivity index (χ0) is 23.2. The van der Waals surface area contributed by atoms with Crippen molar-refractivity contribution in [2.45, 2.75) is 63.1 Å². The van der Waals surface area contributed by atoms with E-state index in [-0.39, 0.29) is 30.4 Å². The Kier molecular flexibility index (Phi) is 5.31. The third-order valence-electron chi connectivity index (χ3n) is 7.97. The number of para-hydroxylation sites is 1. The molecule has 2 aromatic carbocycles. The van der Waals surface area contributed by atoms with E-state index < -0.39 is 6.04 Å². The first-order chi connectivity index (χ1) is 16.7. The molecule has 6 heteroatoms. The Bertz CT molecular complexity index is 1240. The predicted octanol–water partition coefficient (Wildman–Crippen LogP) is 4.58. The SMILES string of the molecule is COc1cccc([C@H]2c3[nH]c4ccccc4c3C[C@H]3C(=O)N(C4CCCCCC4)CC(=O)N23)c1. The molecule has 0 radical (unpaired) electrons. The standard InChI is InChI=1S/C28H31N3O3/c1-34-20-12-8-9-18(15-20)27-26-22(21-13-6-7-14-23(21)29-26)16-24-28(33)30(17-25(32)31(24)27)19-10-4-2-3-5-11-19/h6-9,12-15,19,24,27,29H,2-5,10-11,16-17H2,1H3/t24-,27-/m0/s1. The fourth-order valence-corrected chi connectivity index (χ4v) is 6.32. The Morgan fingerprint density at radius 2 is 1.76 bits per heavy atom. The number of piperazine rings is 1. The number of benzene rings is 2. The molecule has 2 amide bonds. The average Bonchev–Trinajstić information content (AvgIpc) is 3.02. The molecule has 3 heterocycles. The molecule has 1 saturated heterocycles. The van der Waals surface area contributed by atoms with Crippen LogP contribution in [0.1, 0.15) is 61.4 Å². The van der Waals surface area contributed by atoms with Crippen LogP contribution in [0.4, 0.5) is 0 Å². The molecule has 2 aliphatic heterocycles. The van der Waals surface area contributed by atoms with Crippen molar-refractivity contribution in [1.29, 1.82) is 0 Å². The molecule has 1 saturated carbocycles. The Balaban J connectivity index is 1.47. The summed E-state index contributed by atoms with van der Waals surface area (Å²) < 4.78 is 5.50. The van der Waals surface area contributed by atoms with Gasteiger partial charge in [-0.25, -0.2) is 0 Å². The molecule has 1 aliphatic carbocycles. The number of carbonyl (C=O) groups excluding carboxylic acids is 2. The van der Waals surface area contributed by atoms with Crippen LogP contribution in [0.15, 0.2) is 48.5 Å². The van der Waals surface area contributed by atoms with Gasteiger partial charge in [-0.3, -0.25) is 9.59 Å². The van der Waals surface area contributed by atoms with Gasteiger partial charge in [0, 0.05) is 29.1 Å². The Labute approximate surface area is 199 Å². The zero-order valence-electron chi connectivity index (χ0n) is 19.6. The molecule has 34 heavy (non-hydrogen) atoms. The summed E-state index contributed by atoms with van der Waals surface area (Å²) >= 11 is 0. The minimum Gasteiger partial charge on any atom is -0.497 e. The molecule has 2 atom stereocenters. The van der Waals surface area contributed by atoms with Crippen LogP contribution in [-0.4, -0.2) is 52.3 Å². The van der Waals surface area contributed by atoms with Gasteiger partial charge in [0.15, 0.2) is 0 Å². The topological polar surface area (TPSA) is 65.6 Å². The minimum atomic E-state index is -0.479. The molecule has 0 unspecified atom stereocenters. The number of H-pyrrole nitrogens is 1. The highest BCUT2D eigenvalue weighted by molar-refractivity contribution is 5.97. The number of nitrogens with one attached hydrogen (secondary N) is 1. The van der Waals surface area contributed by atoms with Gasteiger partial charge in [0.05, 0.1) is 13.2 Å². The Hall–Kier alpha value is -3.28. The monoisotopic (exact) mass is 457 g/mol. The van der Waals surface area contributed by atoms with Crippen LogP contribution < -0.4 is 4.74 Å². The molecular weight excluding hydrogens is 426 g/mol. The van der Waals surface area contributed by atoms with Gasteiger partial charge in [-0.2, -0.15) is 0 Å². The Morgan fingerprint density at radius 1 is 0.971 bits per heavy atom. The third-order valence-corrected chi connectivity index (χ3v) is 7.97. The first-order valence-corrected chi connectivity index (χ1v) is 12.5. The van der Waals surface area contributed by atoms with Crippen LogP contribution >= 0.6 is 0 Å². The second kappa shape index (κ2) is 8.49. The number of hydrogen-bond donors (Lipinski definition) is 1. The molecule has 1 aromatic heterocycles. The number of amides is 2. The summed E-state index contributed by atoms with van der Waals surface area (Å²) in [6.07, 6.45) is 7.27. The number of aromatic amines is 1. The number of rotatable bonds is 3. The smallest absolute Gasteiger partial charge is 0.246 e. The van der Waals surface area contributed by atoms with Crippen molar-refractivity contribution >= 4 is 22.7 Å². The van der Waals surface area contributed by atoms with E-state index in [9.17, 15) is 9.59 Å². The predicted molar refractivity (Wildman–Crippen MR) is 131 cm³/mol. The van der Waals surface area contributed by atoms with Crippen molar-refractivity contribution in [1.82, 2.24) is 14.8 Å². The highest BCUT2D eigenvalue weighted by Crippen LogP contribution is 2.43. The van der Waals surface area contributed by atoms with Gasteiger partial charge < -0.3 is 19.5 Å². The van der Waals surface area contributed by atoms with E-state index in [2.05, 4.69) is 17.1 Å². The first kappa shape index (κ1) is 21.3. The van der Waals surface area contributed by atoms with Crippen LogP contribution in [-0.2, 0) is 16.0 Å². The van der Waals surface area contributed by atoms with Crippen molar-refractivity contribution in [3.8, 4) is 5.75 Å². The molecule has 2 fully saturated rings. The van der Waals surface area contributed by atoms with Crippen LogP contribution in [0, 0.1) is 0 Å². The van der Waals surface area contributed by atoms with Gasteiger partial charge in [0.25, 0.3) is 0 Å². The van der Waals surface area contributed by atoms with Gasteiger partial charge in [-0.15, -0.1) is 0 Å². The zero-order valence-corrected chi connectivity index (χ0v) is 19.6. The lowest BCUT2D eigenvalue weighted by Crippen LogP contribution is -2.64. The highest BCUT2D eigenvalue weighted by Gasteiger charge is 2.49. The third kappa shape index (κ3) is 3.39. The molecule has 176 valence electrons. The number of nitrogens with zero attached hydrogens (tertiary/aromatic N) is 2. The summed E-state index contributed by atoms with van der Waals surface area (Å²) in [7, 11) is 1.65. The lowest BCUT2D eigenvalue weighted by molar-refractivity contribution is -0.161. The number of hydrogen-bond acceptors (Lipinski definition) is 3. The molecule has 0 bridgehead atoms. The lowest BCUT2D eigenvalue weighted by Gasteiger charge is -2.48. The van der Waals surface area contributed by atoms with E-state index >= 15 is 0 Å². The minimum absolute atomic E-state index is 0.0333. The maximum atomic E-state index is 14.0. The van der Waals surface area contributed by atoms with Crippen molar-refractivity contribution in [2.24, 2.45) is 0 Å². The van der Waals surface area contributed by atoms with Crippen LogP contribution in [0.3, 0.4) is 0 Å². The Morgan fingerprint density at radius 3 is 2.56 bits per heavy atom. The van der Waals surface area contributed by atoms with Crippen LogP contribution in [0.2, 0.25) is 0 Å². The van der Waals surface area contributed by atoms with Gasteiger partial charge in [0.2, 0.25) is 11.8 Å². The second-order valence-electron chi connectivity index (χ2n) is 9.87. The number of carbonyl (C=O) groups is 2. The molecule has 3 aliphatic rings. The molecule has 1 N–H and O–H groups in total. The van der Waals surface area contributed by atoms with E-state index in [1.807, 2.05) is 46.2 Å². The summed E-state index contributed by atoms with van der Waals surface area (Å²) in [5.41, 5.74) is 4.16. The van der Waals surface area contributed by atoms with Gasteiger partial charge in [-0.1, -0.05) is 56.0 Å². The van der Waals surface area contributed by atoms with E-state index in [0.717, 1.165) is 59.2 Å². The normalized spacial score (nSPS) is 23.6. The summed E-state index contributed by atoms with van der Waals surface area (Å²) in [5, 5.41) is 1.14. The van der Waals surface area contributed by atoms with Crippen molar-refractivity contribution in [3.05, 3.63) is 65.4 Å². The van der Waals surface area contributed by atoms with Crippen molar-refractivity contribution in [2.75, 3.05) is 13.7 Å². The maximum Gasteiger partial charge on any atom is 0.246 e. The van der Waals surface area contributed by atoms with Gasteiger partial charge in [-0.05, 0) is 42.2 Å². The van der Waals surface area contributed by atoms with Crippen LogP contribution in [0.5, 0.6) is 5.75 Å². The molecule has 6 rings (SSSR count). The number of fused-ring (bicyclic) bond motifs is 4. The van der Waals surface area contributed by atoms with Gasteiger partial charge >= 0.3 is 0 Å².